The number of hydrogen-bond donors (Lipinski definition) is 1. The van der Waals surface area contributed by atoms with E-state index < -0.39 is 0 Å². The van der Waals surface area contributed by atoms with E-state index in [2.05, 4.69) is 5.32 Å². The monoisotopic (exact) mass is 327 g/mol. The molecule has 0 atom stereocenters. The SMILES string of the molecule is Cc1cccc(=O)n1CCCCNC(=O)c1cccc(N(C)C)c1. The van der Waals surface area contributed by atoms with Crippen molar-refractivity contribution in [2.45, 2.75) is 26.3 Å². The van der Waals surface area contributed by atoms with E-state index in [0.29, 0.717) is 18.7 Å². The standard InChI is InChI=1S/C19H25N3O2/c1-15-8-6-11-18(23)22(15)13-5-4-12-20-19(24)16-9-7-10-17(14-16)21(2)3/h6-11,14H,4-5,12-13H2,1-3H3,(H,20,24). The third-order valence-corrected chi connectivity index (χ3v) is 3.99. The van der Waals surface area contributed by atoms with Gasteiger partial charge in [0.1, 0.15) is 0 Å². The van der Waals surface area contributed by atoms with Gasteiger partial charge in [-0.2, -0.15) is 0 Å². The van der Waals surface area contributed by atoms with Crippen molar-refractivity contribution in [1.29, 1.82) is 0 Å². The van der Waals surface area contributed by atoms with Crippen molar-refractivity contribution in [2.24, 2.45) is 0 Å². The number of nitrogens with zero attached hydrogens (tertiary/aromatic N) is 2. The largest absolute Gasteiger partial charge is 0.378 e. The summed E-state index contributed by atoms with van der Waals surface area (Å²) in [5, 5.41) is 2.94. The molecule has 0 saturated heterocycles. The Hall–Kier alpha value is -2.56. The molecule has 0 radical (unpaired) electrons. The Morgan fingerprint density at radius 3 is 2.58 bits per heavy atom. The quantitative estimate of drug-likeness (QED) is 0.795. The Kier molecular flexibility index (Phi) is 6.18. The van der Waals surface area contributed by atoms with Gasteiger partial charge in [0.25, 0.3) is 11.5 Å². The summed E-state index contributed by atoms with van der Waals surface area (Å²) in [6.45, 7) is 3.21. The molecule has 1 aromatic heterocycles. The van der Waals surface area contributed by atoms with Crippen LogP contribution >= 0.6 is 0 Å². The summed E-state index contributed by atoms with van der Waals surface area (Å²) in [5.74, 6) is -0.0632. The van der Waals surface area contributed by atoms with Gasteiger partial charge >= 0.3 is 0 Å². The highest BCUT2D eigenvalue weighted by atomic mass is 16.1. The number of carbonyl (C=O) groups is 1. The van der Waals surface area contributed by atoms with Crippen molar-refractivity contribution in [1.82, 2.24) is 9.88 Å². The second-order valence-electron chi connectivity index (χ2n) is 6.06. The molecule has 0 unspecified atom stereocenters. The van der Waals surface area contributed by atoms with Gasteiger partial charge in [0.15, 0.2) is 0 Å². The minimum absolute atomic E-state index is 0.0273. The third-order valence-electron chi connectivity index (χ3n) is 3.99. The summed E-state index contributed by atoms with van der Waals surface area (Å²) in [7, 11) is 3.90. The van der Waals surface area contributed by atoms with Gasteiger partial charge in [0, 0.05) is 50.2 Å². The molecule has 128 valence electrons. The second kappa shape index (κ2) is 8.34. The number of rotatable bonds is 7. The highest BCUT2D eigenvalue weighted by molar-refractivity contribution is 5.95. The van der Waals surface area contributed by atoms with Crippen LogP contribution in [0.5, 0.6) is 0 Å². The van der Waals surface area contributed by atoms with Gasteiger partial charge in [-0.25, -0.2) is 0 Å². The van der Waals surface area contributed by atoms with Crippen LogP contribution in [0.3, 0.4) is 0 Å². The summed E-state index contributed by atoms with van der Waals surface area (Å²) < 4.78 is 1.77. The van der Waals surface area contributed by atoms with Gasteiger partial charge < -0.3 is 14.8 Å². The van der Waals surface area contributed by atoms with Gasteiger partial charge in [-0.05, 0) is 44.0 Å². The fraction of sp³-hybridized carbons (Fsp3) is 0.368. The lowest BCUT2D eigenvalue weighted by Gasteiger charge is -2.13. The molecule has 1 heterocycles. The number of carbonyl (C=O) groups excluding carboxylic acids is 1. The minimum Gasteiger partial charge on any atom is -0.378 e. The maximum Gasteiger partial charge on any atom is 0.251 e. The van der Waals surface area contributed by atoms with Crippen LogP contribution in [0.15, 0.2) is 47.3 Å². The molecular formula is C19H25N3O2. The minimum atomic E-state index is -0.0632. The maximum atomic E-state index is 12.2. The fourth-order valence-electron chi connectivity index (χ4n) is 2.53. The van der Waals surface area contributed by atoms with Crippen molar-refractivity contribution in [3.63, 3.8) is 0 Å². The molecule has 1 amide bonds. The number of aromatic nitrogens is 1. The number of anilines is 1. The van der Waals surface area contributed by atoms with Crippen molar-refractivity contribution in [3.8, 4) is 0 Å². The molecule has 5 heteroatoms. The molecule has 0 saturated carbocycles. The first-order valence-electron chi connectivity index (χ1n) is 8.21. The highest BCUT2D eigenvalue weighted by Gasteiger charge is 2.06. The first-order valence-corrected chi connectivity index (χ1v) is 8.21. The molecule has 0 bridgehead atoms. The average molecular weight is 327 g/mol. The molecule has 1 aromatic carbocycles. The van der Waals surface area contributed by atoms with E-state index in [4.69, 9.17) is 0 Å². The van der Waals surface area contributed by atoms with Crippen molar-refractivity contribution in [3.05, 3.63) is 64.1 Å². The summed E-state index contributed by atoms with van der Waals surface area (Å²) in [6.07, 6.45) is 1.68. The van der Waals surface area contributed by atoms with Crippen molar-refractivity contribution < 1.29 is 4.79 Å². The molecule has 24 heavy (non-hydrogen) atoms. The number of benzene rings is 1. The van der Waals surface area contributed by atoms with Crippen LogP contribution in [0.4, 0.5) is 5.69 Å². The Balaban J connectivity index is 1.79. The Bertz CT molecular complexity index is 750. The second-order valence-corrected chi connectivity index (χ2v) is 6.06. The smallest absolute Gasteiger partial charge is 0.251 e. The van der Waals surface area contributed by atoms with Crippen LogP contribution in [-0.2, 0) is 6.54 Å². The van der Waals surface area contributed by atoms with E-state index in [-0.39, 0.29) is 11.5 Å². The number of hydrogen-bond acceptors (Lipinski definition) is 3. The first kappa shape index (κ1) is 17.8. The molecule has 0 fully saturated rings. The van der Waals surface area contributed by atoms with E-state index in [1.807, 2.05) is 56.3 Å². The van der Waals surface area contributed by atoms with Crippen LogP contribution < -0.4 is 15.8 Å². The summed E-state index contributed by atoms with van der Waals surface area (Å²) >= 11 is 0. The fourth-order valence-corrected chi connectivity index (χ4v) is 2.53. The molecule has 2 aromatic rings. The van der Waals surface area contributed by atoms with Gasteiger partial charge in [-0.15, -0.1) is 0 Å². The normalized spacial score (nSPS) is 10.5. The zero-order valence-electron chi connectivity index (χ0n) is 14.6. The van der Waals surface area contributed by atoms with E-state index in [1.165, 1.54) is 0 Å². The molecule has 0 aliphatic rings. The van der Waals surface area contributed by atoms with Gasteiger partial charge in [-0.1, -0.05) is 12.1 Å². The number of pyridine rings is 1. The number of amides is 1. The third kappa shape index (κ3) is 4.72. The molecule has 2 rings (SSSR count). The van der Waals surface area contributed by atoms with E-state index in [0.717, 1.165) is 24.2 Å². The summed E-state index contributed by atoms with van der Waals surface area (Å²) in [5.41, 5.74) is 2.66. The number of unbranched alkanes of at least 4 members (excludes halogenated alkanes) is 1. The highest BCUT2D eigenvalue weighted by Crippen LogP contribution is 2.13. The molecule has 0 aliphatic carbocycles. The Morgan fingerprint density at radius 2 is 1.88 bits per heavy atom. The van der Waals surface area contributed by atoms with E-state index in [1.54, 1.807) is 16.7 Å². The van der Waals surface area contributed by atoms with Crippen LogP contribution in [0.25, 0.3) is 0 Å². The average Bonchev–Trinajstić information content (AvgIpc) is 2.56. The van der Waals surface area contributed by atoms with Gasteiger partial charge in [0.05, 0.1) is 0 Å². The van der Waals surface area contributed by atoms with Crippen LogP contribution in [0.2, 0.25) is 0 Å². The summed E-state index contributed by atoms with van der Waals surface area (Å²) in [6, 6.07) is 12.8. The first-order chi connectivity index (χ1) is 11.5. The van der Waals surface area contributed by atoms with Crippen molar-refractivity contribution in [2.75, 3.05) is 25.5 Å². The summed E-state index contributed by atoms with van der Waals surface area (Å²) in [4.78, 5) is 25.9. The molecular weight excluding hydrogens is 302 g/mol. The van der Waals surface area contributed by atoms with Gasteiger partial charge in [-0.3, -0.25) is 9.59 Å². The number of nitrogens with one attached hydrogen (secondary N) is 1. The van der Waals surface area contributed by atoms with Crippen LogP contribution in [-0.4, -0.2) is 31.1 Å². The van der Waals surface area contributed by atoms with Crippen molar-refractivity contribution >= 4 is 11.6 Å². The molecule has 0 spiro atoms. The molecule has 5 nitrogen and oxygen atoms in total. The van der Waals surface area contributed by atoms with E-state index >= 15 is 0 Å². The zero-order chi connectivity index (χ0) is 17.5. The maximum absolute atomic E-state index is 12.2. The predicted octanol–water partition coefficient (Wildman–Crippen LogP) is 2.43. The lowest BCUT2D eigenvalue weighted by molar-refractivity contribution is 0.0953. The molecule has 0 aliphatic heterocycles. The van der Waals surface area contributed by atoms with Crippen LogP contribution in [0, 0.1) is 6.92 Å². The zero-order valence-corrected chi connectivity index (χ0v) is 14.6. The van der Waals surface area contributed by atoms with Gasteiger partial charge in [0.2, 0.25) is 0 Å². The lowest BCUT2D eigenvalue weighted by Crippen LogP contribution is -2.26. The molecule has 1 N–H and O–H groups in total. The predicted molar refractivity (Wildman–Crippen MR) is 97.8 cm³/mol. The van der Waals surface area contributed by atoms with E-state index in [9.17, 15) is 9.59 Å². The lowest BCUT2D eigenvalue weighted by atomic mass is 10.1. The Morgan fingerprint density at radius 1 is 1.12 bits per heavy atom. The number of aryl methyl sites for hydroxylation is 1. The van der Waals surface area contributed by atoms with Crippen LogP contribution in [0.1, 0.15) is 28.9 Å². The topological polar surface area (TPSA) is 54.3 Å². The Labute approximate surface area is 142 Å².